The third-order valence-corrected chi connectivity index (χ3v) is 6.03. The van der Waals surface area contributed by atoms with Gasteiger partial charge in [-0.3, -0.25) is 0 Å². The van der Waals surface area contributed by atoms with E-state index < -0.39 is 15.5 Å². The average molecular weight is 285 g/mol. The van der Waals surface area contributed by atoms with Gasteiger partial charge in [0.25, 0.3) is 0 Å². The van der Waals surface area contributed by atoms with Gasteiger partial charge in [-0.1, -0.05) is 13.8 Å². The van der Waals surface area contributed by atoms with Crippen molar-refractivity contribution in [2.75, 3.05) is 6.54 Å². The van der Waals surface area contributed by atoms with E-state index in [-0.39, 0.29) is 12.5 Å². The molecule has 0 spiro atoms. The van der Waals surface area contributed by atoms with Crippen LogP contribution in [0.25, 0.3) is 0 Å². The number of nitrogens with one attached hydrogen (secondary N) is 1. The van der Waals surface area contributed by atoms with E-state index in [2.05, 4.69) is 13.8 Å². The van der Waals surface area contributed by atoms with E-state index in [1.165, 1.54) is 0 Å². The Morgan fingerprint density at radius 1 is 1.17 bits per heavy atom. The normalized spacial score (nSPS) is 40.4. The highest BCUT2D eigenvalue weighted by molar-refractivity contribution is 7.90. The summed E-state index contributed by atoms with van der Waals surface area (Å²) in [4.78, 5) is 0. The Balaban J connectivity index is 1.94. The third-order valence-electron chi connectivity index (χ3n) is 4.87. The number of sulfonamides is 1. The molecule has 2 saturated carbocycles. The zero-order valence-electron chi connectivity index (χ0n) is 10.4. The first kappa shape index (κ1) is 14.1. The summed E-state index contributed by atoms with van der Waals surface area (Å²) in [5.41, 5.74) is -5.20. The Hall–Kier alpha value is -0.300. The SMILES string of the molecule is CC1C2CC(CNS(=O)(=O)C(F)(F)F)C(C2)C1C. The Kier molecular flexibility index (Phi) is 3.43. The fourth-order valence-corrected chi connectivity index (χ4v) is 4.22. The molecule has 0 aliphatic heterocycles. The van der Waals surface area contributed by atoms with Crippen LogP contribution in [0.3, 0.4) is 0 Å². The Morgan fingerprint density at radius 2 is 1.78 bits per heavy atom. The van der Waals surface area contributed by atoms with Gasteiger partial charge < -0.3 is 0 Å². The van der Waals surface area contributed by atoms with E-state index in [1.54, 1.807) is 4.72 Å². The van der Waals surface area contributed by atoms with E-state index >= 15 is 0 Å². The fraction of sp³-hybridized carbons (Fsp3) is 1.00. The van der Waals surface area contributed by atoms with Crippen LogP contribution in [0.4, 0.5) is 13.2 Å². The summed E-state index contributed by atoms with van der Waals surface area (Å²) in [6, 6.07) is 0. The van der Waals surface area contributed by atoms with Gasteiger partial charge in [0.15, 0.2) is 0 Å². The van der Waals surface area contributed by atoms with Gasteiger partial charge in [-0.05, 0) is 42.4 Å². The molecule has 1 N–H and O–H groups in total. The van der Waals surface area contributed by atoms with Crippen molar-refractivity contribution in [2.45, 2.75) is 32.2 Å². The van der Waals surface area contributed by atoms with Crippen LogP contribution in [0, 0.1) is 29.6 Å². The molecule has 0 aromatic rings. The summed E-state index contributed by atoms with van der Waals surface area (Å²) in [7, 11) is -5.18. The molecule has 2 aliphatic rings. The maximum Gasteiger partial charge on any atom is 0.511 e. The quantitative estimate of drug-likeness (QED) is 0.865. The highest BCUT2D eigenvalue weighted by Crippen LogP contribution is 2.54. The second-order valence-electron chi connectivity index (χ2n) is 5.67. The van der Waals surface area contributed by atoms with E-state index in [9.17, 15) is 21.6 Å². The zero-order chi connectivity index (χ0) is 13.7. The molecule has 0 radical (unpaired) electrons. The summed E-state index contributed by atoms with van der Waals surface area (Å²) >= 11 is 0. The molecule has 5 atom stereocenters. The average Bonchev–Trinajstić information content (AvgIpc) is 2.76. The number of hydrogen-bond donors (Lipinski definition) is 1. The number of hydrogen-bond acceptors (Lipinski definition) is 2. The smallest absolute Gasteiger partial charge is 0.207 e. The maximum atomic E-state index is 12.2. The molecule has 18 heavy (non-hydrogen) atoms. The molecule has 2 rings (SSSR count). The van der Waals surface area contributed by atoms with Crippen LogP contribution in [0.2, 0.25) is 0 Å². The van der Waals surface area contributed by atoms with Crippen molar-refractivity contribution in [3.8, 4) is 0 Å². The lowest BCUT2D eigenvalue weighted by Gasteiger charge is -2.31. The van der Waals surface area contributed by atoms with Gasteiger partial charge in [0.1, 0.15) is 0 Å². The molecule has 0 aromatic carbocycles. The van der Waals surface area contributed by atoms with Gasteiger partial charge in [-0.2, -0.15) is 13.2 Å². The zero-order valence-corrected chi connectivity index (χ0v) is 11.2. The van der Waals surface area contributed by atoms with Crippen molar-refractivity contribution < 1.29 is 21.6 Å². The number of fused-ring (bicyclic) bond motifs is 2. The largest absolute Gasteiger partial charge is 0.511 e. The van der Waals surface area contributed by atoms with E-state index in [4.69, 9.17) is 0 Å². The van der Waals surface area contributed by atoms with E-state index in [1.807, 2.05) is 0 Å². The Morgan fingerprint density at radius 3 is 2.22 bits per heavy atom. The lowest BCUT2D eigenvalue weighted by Crippen LogP contribution is -2.41. The molecule has 0 amide bonds. The van der Waals surface area contributed by atoms with Crippen molar-refractivity contribution in [3.63, 3.8) is 0 Å². The first-order valence-corrected chi connectivity index (χ1v) is 7.67. The third kappa shape index (κ3) is 2.27. The topological polar surface area (TPSA) is 46.2 Å². The van der Waals surface area contributed by atoms with Crippen LogP contribution in [-0.4, -0.2) is 20.5 Å². The van der Waals surface area contributed by atoms with Gasteiger partial charge >= 0.3 is 15.5 Å². The number of alkyl halides is 3. The summed E-state index contributed by atoms with van der Waals surface area (Å²) in [6.07, 6.45) is 1.87. The molecule has 2 aliphatic carbocycles. The first-order valence-electron chi connectivity index (χ1n) is 6.19. The van der Waals surface area contributed by atoms with Crippen molar-refractivity contribution in [1.29, 1.82) is 0 Å². The minimum atomic E-state index is -5.20. The van der Waals surface area contributed by atoms with Crippen molar-refractivity contribution in [2.24, 2.45) is 29.6 Å². The summed E-state index contributed by atoms with van der Waals surface area (Å²) in [6.45, 7) is 4.20. The van der Waals surface area contributed by atoms with Gasteiger partial charge in [0, 0.05) is 6.54 Å². The lowest BCUT2D eigenvalue weighted by atomic mass is 9.76. The summed E-state index contributed by atoms with van der Waals surface area (Å²) in [5.74, 6) is 2.04. The van der Waals surface area contributed by atoms with Crippen LogP contribution in [0.5, 0.6) is 0 Å². The molecular formula is C11H18F3NO2S. The minimum absolute atomic E-state index is 0.0540. The summed E-state index contributed by atoms with van der Waals surface area (Å²) in [5, 5.41) is 0. The van der Waals surface area contributed by atoms with E-state index in [0.29, 0.717) is 23.7 Å². The monoisotopic (exact) mass is 285 g/mol. The summed E-state index contributed by atoms with van der Waals surface area (Å²) < 4.78 is 60.1. The van der Waals surface area contributed by atoms with Crippen molar-refractivity contribution in [3.05, 3.63) is 0 Å². The van der Waals surface area contributed by atoms with E-state index in [0.717, 1.165) is 12.8 Å². The molecular weight excluding hydrogens is 267 g/mol. The molecule has 0 heterocycles. The van der Waals surface area contributed by atoms with Gasteiger partial charge in [0.2, 0.25) is 0 Å². The molecule has 0 saturated heterocycles. The second kappa shape index (κ2) is 4.37. The number of rotatable bonds is 3. The fourth-order valence-electron chi connectivity index (χ4n) is 3.63. The van der Waals surface area contributed by atoms with Gasteiger partial charge in [-0.25, -0.2) is 13.1 Å². The lowest BCUT2D eigenvalue weighted by molar-refractivity contribution is -0.0449. The first-order chi connectivity index (χ1) is 8.13. The maximum absolute atomic E-state index is 12.2. The molecule has 3 nitrogen and oxygen atoms in total. The second-order valence-corrected chi connectivity index (χ2v) is 7.43. The van der Waals surface area contributed by atoms with Gasteiger partial charge in [-0.15, -0.1) is 0 Å². The molecule has 106 valence electrons. The molecule has 7 heteroatoms. The number of halogens is 3. The minimum Gasteiger partial charge on any atom is -0.207 e. The Bertz CT molecular complexity index is 418. The Labute approximate surface area is 105 Å². The van der Waals surface area contributed by atoms with Crippen LogP contribution in [0.1, 0.15) is 26.7 Å². The van der Waals surface area contributed by atoms with Gasteiger partial charge in [0.05, 0.1) is 0 Å². The molecule has 0 aromatic heterocycles. The molecule has 5 unspecified atom stereocenters. The predicted octanol–water partition coefficient (Wildman–Crippen LogP) is 2.35. The van der Waals surface area contributed by atoms with Crippen LogP contribution < -0.4 is 4.72 Å². The van der Waals surface area contributed by atoms with Crippen LogP contribution in [0.15, 0.2) is 0 Å². The highest BCUT2D eigenvalue weighted by Gasteiger charge is 2.50. The predicted molar refractivity (Wildman–Crippen MR) is 61.0 cm³/mol. The van der Waals surface area contributed by atoms with Crippen molar-refractivity contribution >= 4 is 10.0 Å². The highest BCUT2D eigenvalue weighted by atomic mass is 32.2. The van der Waals surface area contributed by atoms with Crippen LogP contribution >= 0.6 is 0 Å². The van der Waals surface area contributed by atoms with Crippen LogP contribution in [-0.2, 0) is 10.0 Å². The molecule has 2 bridgehead atoms. The molecule has 2 fully saturated rings. The standard InChI is InChI=1S/C11H18F3NO2S/c1-6-7(2)10-4-8(6)3-9(10)5-15-18(16,17)11(12,13)14/h6-10,15H,3-5H2,1-2H3. The van der Waals surface area contributed by atoms with Crippen molar-refractivity contribution in [1.82, 2.24) is 4.72 Å².